The van der Waals surface area contributed by atoms with Crippen LogP contribution in [0.15, 0.2) is 36.4 Å². The topological polar surface area (TPSA) is 45.1 Å². The fraction of sp³-hybridized carbons (Fsp3) is 0.353. The van der Waals surface area contributed by atoms with E-state index in [1.54, 1.807) is 6.07 Å². The summed E-state index contributed by atoms with van der Waals surface area (Å²) in [7, 11) is 0. The van der Waals surface area contributed by atoms with Crippen LogP contribution in [-0.2, 0) is 13.0 Å². The van der Waals surface area contributed by atoms with Gasteiger partial charge in [0.1, 0.15) is 5.75 Å². The lowest BCUT2D eigenvalue weighted by molar-refractivity contribution is 0.452. The Morgan fingerprint density at radius 3 is 2.65 bits per heavy atom. The summed E-state index contributed by atoms with van der Waals surface area (Å²) in [6.07, 6.45) is 0.971. The Hall–Kier alpha value is -1.87. The molecule has 2 rings (SSSR count). The lowest BCUT2D eigenvalue weighted by Crippen LogP contribution is -2.28. The van der Waals surface area contributed by atoms with Gasteiger partial charge in [0, 0.05) is 18.3 Å². The Morgan fingerprint density at radius 2 is 1.90 bits per heavy atom. The van der Waals surface area contributed by atoms with E-state index < -0.39 is 0 Å². The molecule has 0 aliphatic carbocycles. The fourth-order valence-electron chi connectivity index (χ4n) is 2.25. The smallest absolute Gasteiger partial charge is 0.138 e. The molecule has 0 bridgehead atoms. The molecule has 106 valence electrons. The predicted octanol–water partition coefficient (Wildman–Crippen LogP) is 3.12. The Bertz CT molecular complexity index is 581. The van der Waals surface area contributed by atoms with Crippen molar-refractivity contribution in [3.63, 3.8) is 0 Å². The third-order valence-corrected chi connectivity index (χ3v) is 3.49. The van der Waals surface area contributed by atoms with Gasteiger partial charge in [0.2, 0.25) is 0 Å². The first-order chi connectivity index (χ1) is 9.56. The molecule has 0 saturated carbocycles. The van der Waals surface area contributed by atoms with Crippen LogP contribution in [0.3, 0.4) is 0 Å². The maximum atomic E-state index is 9.78. The molecule has 3 nitrogen and oxygen atoms in total. The number of aromatic hydroxyl groups is 1. The Labute approximate surface area is 120 Å². The molecule has 0 fully saturated rings. The molecule has 3 heteroatoms. The average molecular weight is 270 g/mol. The highest BCUT2D eigenvalue weighted by atomic mass is 16.3. The average Bonchev–Trinajstić information content (AvgIpc) is 2.42. The maximum Gasteiger partial charge on any atom is 0.138 e. The van der Waals surface area contributed by atoms with Gasteiger partial charge in [-0.2, -0.15) is 0 Å². The minimum Gasteiger partial charge on any atom is -0.506 e. The second kappa shape index (κ2) is 6.53. The minimum atomic E-state index is 0.256. The van der Waals surface area contributed by atoms with Crippen molar-refractivity contribution in [1.82, 2.24) is 10.3 Å². The third-order valence-electron chi connectivity index (χ3n) is 3.49. The third kappa shape index (κ3) is 3.81. The van der Waals surface area contributed by atoms with Gasteiger partial charge in [-0.1, -0.05) is 24.3 Å². The number of aromatic nitrogens is 1. The zero-order chi connectivity index (χ0) is 14.5. The number of rotatable bonds is 5. The molecule has 20 heavy (non-hydrogen) atoms. The van der Waals surface area contributed by atoms with Crippen molar-refractivity contribution in [3.05, 3.63) is 58.9 Å². The number of nitrogens with zero attached hydrogens (tertiary/aromatic N) is 1. The number of hydrogen-bond donors (Lipinski definition) is 2. The maximum absolute atomic E-state index is 9.78. The first-order valence-corrected chi connectivity index (χ1v) is 6.99. The standard InChI is InChI=1S/C17H22N2O/c1-12-6-4-5-7-15(12)10-14(3)18-11-16-17(20)9-8-13(2)19-16/h4-9,14,18,20H,10-11H2,1-3H3. The number of hydrogen-bond acceptors (Lipinski definition) is 3. The molecule has 1 atom stereocenters. The molecule has 2 N–H and O–H groups in total. The molecule has 0 radical (unpaired) electrons. The molecule has 1 aromatic carbocycles. The van der Waals surface area contributed by atoms with Crippen LogP contribution in [0, 0.1) is 13.8 Å². The first-order valence-electron chi connectivity index (χ1n) is 6.99. The van der Waals surface area contributed by atoms with Crippen molar-refractivity contribution in [2.75, 3.05) is 0 Å². The summed E-state index contributed by atoms with van der Waals surface area (Å²) >= 11 is 0. The molecule has 0 amide bonds. The van der Waals surface area contributed by atoms with E-state index in [9.17, 15) is 5.11 Å². The van der Waals surface area contributed by atoms with Gasteiger partial charge in [-0.25, -0.2) is 0 Å². The quantitative estimate of drug-likeness (QED) is 0.877. The van der Waals surface area contributed by atoms with Gasteiger partial charge < -0.3 is 10.4 Å². The molecule has 1 heterocycles. The summed E-state index contributed by atoms with van der Waals surface area (Å²) < 4.78 is 0. The predicted molar refractivity (Wildman–Crippen MR) is 81.8 cm³/mol. The molecule has 2 aromatic rings. The summed E-state index contributed by atoms with van der Waals surface area (Å²) in [4.78, 5) is 4.36. The fourth-order valence-corrected chi connectivity index (χ4v) is 2.25. The van der Waals surface area contributed by atoms with Crippen molar-refractivity contribution in [1.29, 1.82) is 0 Å². The Balaban J connectivity index is 1.94. The van der Waals surface area contributed by atoms with Gasteiger partial charge in [0.25, 0.3) is 0 Å². The zero-order valence-electron chi connectivity index (χ0n) is 12.4. The second-order valence-corrected chi connectivity index (χ2v) is 5.33. The van der Waals surface area contributed by atoms with Crippen LogP contribution < -0.4 is 5.32 Å². The van der Waals surface area contributed by atoms with Crippen LogP contribution in [0.25, 0.3) is 0 Å². The molecule has 0 saturated heterocycles. The number of pyridine rings is 1. The van der Waals surface area contributed by atoms with E-state index in [2.05, 4.69) is 48.4 Å². The molecule has 0 aliphatic rings. The van der Waals surface area contributed by atoms with E-state index in [0.29, 0.717) is 18.3 Å². The van der Waals surface area contributed by atoms with Crippen molar-refractivity contribution < 1.29 is 5.11 Å². The van der Waals surface area contributed by atoms with Crippen molar-refractivity contribution >= 4 is 0 Å². The highest BCUT2D eigenvalue weighted by Crippen LogP contribution is 2.15. The summed E-state index contributed by atoms with van der Waals surface area (Å²) in [5.41, 5.74) is 4.30. The van der Waals surface area contributed by atoms with Crippen LogP contribution in [0.5, 0.6) is 5.75 Å². The van der Waals surface area contributed by atoms with Crippen LogP contribution in [-0.4, -0.2) is 16.1 Å². The van der Waals surface area contributed by atoms with Gasteiger partial charge in [0.15, 0.2) is 0 Å². The normalized spacial score (nSPS) is 12.3. The molecule has 1 unspecified atom stereocenters. The number of benzene rings is 1. The van der Waals surface area contributed by atoms with Crippen LogP contribution >= 0.6 is 0 Å². The van der Waals surface area contributed by atoms with E-state index in [0.717, 1.165) is 12.1 Å². The minimum absolute atomic E-state index is 0.256. The summed E-state index contributed by atoms with van der Waals surface area (Å²) in [5, 5.41) is 13.2. The van der Waals surface area contributed by atoms with E-state index in [4.69, 9.17) is 0 Å². The van der Waals surface area contributed by atoms with Gasteiger partial charge >= 0.3 is 0 Å². The molecule has 0 aliphatic heterocycles. The largest absolute Gasteiger partial charge is 0.506 e. The lowest BCUT2D eigenvalue weighted by atomic mass is 10.0. The van der Waals surface area contributed by atoms with E-state index in [1.807, 2.05) is 13.0 Å². The summed E-state index contributed by atoms with van der Waals surface area (Å²) in [6.45, 7) is 6.80. The lowest BCUT2D eigenvalue weighted by Gasteiger charge is -2.15. The summed E-state index contributed by atoms with van der Waals surface area (Å²) in [6, 6.07) is 12.3. The first kappa shape index (κ1) is 14.5. The highest BCUT2D eigenvalue weighted by Gasteiger charge is 2.08. The molecule has 1 aromatic heterocycles. The van der Waals surface area contributed by atoms with E-state index >= 15 is 0 Å². The molecular weight excluding hydrogens is 248 g/mol. The Morgan fingerprint density at radius 1 is 1.15 bits per heavy atom. The monoisotopic (exact) mass is 270 g/mol. The second-order valence-electron chi connectivity index (χ2n) is 5.33. The Kier molecular flexibility index (Phi) is 4.74. The van der Waals surface area contributed by atoms with Gasteiger partial charge in [-0.3, -0.25) is 4.98 Å². The van der Waals surface area contributed by atoms with Crippen LogP contribution in [0.1, 0.15) is 29.4 Å². The van der Waals surface area contributed by atoms with E-state index in [1.165, 1.54) is 11.1 Å². The van der Waals surface area contributed by atoms with Crippen molar-refractivity contribution in [2.45, 2.75) is 39.8 Å². The van der Waals surface area contributed by atoms with Gasteiger partial charge in [-0.05, 0) is 50.5 Å². The van der Waals surface area contributed by atoms with Crippen molar-refractivity contribution in [2.24, 2.45) is 0 Å². The molecular formula is C17H22N2O. The summed E-state index contributed by atoms with van der Waals surface area (Å²) in [5.74, 6) is 0.256. The molecule has 0 spiro atoms. The van der Waals surface area contributed by atoms with E-state index in [-0.39, 0.29) is 5.75 Å². The number of nitrogens with one attached hydrogen (secondary N) is 1. The van der Waals surface area contributed by atoms with Gasteiger partial charge in [0.05, 0.1) is 5.69 Å². The highest BCUT2D eigenvalue weighted by molar-refractivity contribution is 5.28. The zero-order valence-corrected chi connectivity index (χ0v) is 12.4. The van der Waals surface area contributed by atoms with Crippen LogP contribution in [0.2, 0.25) is 0 Å². The van der Waals surface area contributed by atoms with Crippen molar-refractivity contribution in [3.8, 4) is 5.75 Å². The van der Waals surface area contributed by atoms with Gasteiger partial charge in [-0.15, -0.1) is 0 Å². The number of aryl methyl sites for hydroxylation is 2. The van der Waals surface area contributed by atoms with Crippen LogP contribution in [0.4, 0.5) is 0 Å². The SMILES string of the molecule is Cc1ccc(O)c(CNC(C)Cc2ccccc2C)n1.